The molecular weight excluding hydrogens is 266 g/mol. The van der Waals surface area contributed by atoms with Gasteiger partial charge in [0.15, 0.2) is 0 Å². The minimum Gasteiger partial charge on any atom is -0.343 e. The number of nitrogens with zero attached hydrogens (tertiary/aromatic N) is 4. The molecule has 2 rings (SSSR count). The van der Waals surface area contributed by atoms with Crippen molar-refractivity contribution in [3.05, 3.63) is 34.9 Å². The van der Waals surface area contributed by atoms with Gasteiger partial charge in [-0.15, -0.1) is 0 Å². The van der Waals surface area contributed by atoms with Gasteiger partial charge in [-0.1, -0.05) is 11.6 Å². The molecule has 0 radical (unpaired) electrons. The highest BCUT2D eigenvalue weighted by molar-refractivity contribution is 6.33. The molecule has 1 atom stereocenters. The van der Waals surface area contributed by atoms with Crippen molar-refractivity contribution in [3.8, 4) is 0 Å². The Morgan fingerprint density at radius 1 is 1.58 bits per heavy atom. The summed E-state index contributed by atoms with van der Waals surface area (Å²) in [6, 6.07) is 1.70. The fourth-order valence-corrected chi connectivity index (χ4v) is 2.04. The van der Waals surface area contributed by atoms with Crippen molar-refractivity contribution in [1.29, 1.82) is 0 Å². The smallest absolute Gasteiger partial charge is 0.271 e. The summed E-state index contributed by atoms with van der Waals surface area (Å²) in [4.78, 5) is 12.1. The lowest BCUT2D eigenvalue weighted by molar-refractivity contribution is 0.0929. The predicted molar refractivity (Wildman–Crippen MR) is 72.0 cm³/mol. The molecule has 0 aliphatic carbocycles. The summed E-state index contributed by atoms with van der Waals surface area (Å²) < 4.78 is 3.27. The maximum absolute atomic E-state index is 12.1. The Hall–Kier alpha value is -1.82. The van der Waals surface area contributed by atoms with E-state index in [4.69, 9.17) is 11.6 Å². The van der Waals surface area contributed by atoms with Crippen LogP contribution in [0.1, 0.15) is 36.1 Å². The van der Waals surface area contributed by atoms with Crippen LogP contribution in [0.4, 0.5) is 0 Å². The first-order valence-corrected chi connectivity index (χ1v) is 6.42. The lowest BCUT2D eigenvalue weighted by Gasteiger charge is -2.12. The zero-order chi connectivity index (χ0) is 14.0. The van der Waals surface area contributed by atoms with E-state index in [1.807, 2.05) is 30.8 Å². The average Bonchev–Trinajstić information content (AvgIpc) is 2.96. The highest BCUT2D eigenvalue weighted by atomic mass is 35.5. The SMILES string of the molecule is CCn1ccc(C(C)NC(=O)c2c(Cl)cnn2C)n1. The molecule has 2 aromatic rings. The molecule has 0 aliphatic heterocycles. The number of nitrogens with one attached hydrogen (secondary N) is 1. The van der Waals surface area contributed by atoms with Crippen molar-refractivity contribution in [1.82, 2.24) is 24.9 Å². The molecule has 2 aromatic heterocycles. The van der Waals surface area contributed by atoms with Gasteiger partial charge in [0.25, 0.3) is 5.91 Å². The van der Waals surface area contributed by atoms with Crippen molar-refractivity contribution >= 4 is 17.5 Å². The summed E-state index contributed by atoms with van der Waals surface area (Å²) in [5.74, 6) is -0.261. The van der Waals surface area contributed by atoms with Gasteiger partial charge in [0, 0.05) is 19.8 Å². The molecule has 6 nitrogen and oxygen atoms in total. The number of amides is 1. The van der Waals surface area contributed by atoms with Crippen molar-refractivity contribution in [3.63, 3.8) is 0 Å². The molecule has 0 fully saturated rings. The number of aryl methyl sites for hydroxylation is 2. The van der Waals surface area contributed by atoms with Crippen LogP contribution < -0.4 is 5.32 Å². The monoisotopic (exact) mass is 281 g/mol. The zero-order valence-corrected chi connectivity index (χ0v) is 11.8. The second kappa shape index (κ2) is 5.44. The fraction of sp³-hybridized carbons (Fsp3) is 0.417. The predicted octanol–water partition coefficient (Wildman–Crippen LogP) is 1.78. The van der Waals surface area contributed by atoms with Crippen LogP contribution in [0.15, 0.2) is 18.5 Å². The van der Waals surface area contributed by atoms with E-state index in [1.165, 1.54) is 10.9 Å². The Morgan fingerprint density at radius 2 is 2.32 bits per heavy atom. The topological polar surface area (TPSA) is 64.7 Å². The number of rotatable bonds is 4. The van der Waals surface area contributed by atoms with Crippen LogP contribution >= 0.6 is 11.6 Å². The third-order valence-electron chi connectivity index (χ3n) is 2.89. The van der Waals surface area contributed by atoms with Gasteiger partial charge in [-0.25, -0.2) is 0 Å². The lowest BCUT2D eigenvalue weighted by Crippen LogP contribution is -2.29. The average molecular weight is 282 g/mol. The summed E-state index contributed by atoms with van der Waals surface area (Å²) in [5.41, 5.74) is 1.16. The fourth-order valence-electron chi connectivity index (χ4n) is 1.79. The lowest BCUT2D eigenvalue weighted by atomic mass is 10.2. The van der Waals surface area contributed by atoms with Crippen LogP contribution in [-0.4, -0.2) is 25.5 Å². The molecule has 7 heteroatoms. The molecule has 0 aromatic carbocycles. The van der Waals surface area contributed by atoms with Crippen molar-refractivity contribution in [2.45, 2.75) is 26.4 Å². The highest BCUT2D eigenvalue weighted by Crippen LogP contribution is 2.16. The Kier molecular flexibility index (Phi) is 3.90. The van der Waals surface area contributed by atoms with Gasteiger partial charge >= 0.3 is 0 Å². The number of aromatic nitrogens is 4. The molecule has 19 heavy (non-hydrogen) atoms. The normalized spacial score (nSPS) is 12.4. The first-order chi connectivity index (χ1) is 9.02. The molecule has 0 saturated heterocycles. The van der Waals surface area contributed by atoms with E-state index >= 15 is 0 Å². The molecule has 0 bridgehead atoms. The summed E-state index contributed by atoms with van der Waals surface area (Å²) in [6.07, 6.45) is 3.34. The number of carbonyl (C=O) groups is 1. The van der Waals surface area contributed by atoms with Gasteiger partial charge in [0.05, 0.1) is 23.0 Å². The quantitative estimate of drug-likeness (QED) is 0.929. The van der Waals surface area contributed by atoms with E-state index in [1.54, 1.807) is 7.05 Å². The van der Waals surface area contributed by atoms with Gasteiger partial charge < -0.3 is 5.32 Å². The molecule has 1 amide bonds. The van der Waals surface area contributed by atoms with Crippen molar-refractivity contribution in [2.75, 3.05) is 0 Å². The Balaban J connectivity index is 2.10. The minimum atomic E-state index is -0.261. The van der Waals surface area contributed by atoms with Crippen LogP contribution in [0.25, 0.3) is 0 Å². The molecule has 0 saturated carbocycles. The van der Waals surface area contributed by atoms with Crippen LogP contribution in [0.5, 0.6) is 0 Å². The number of hydrogen-bond acceptors (Lipinski definition) is 3. The molecule has 0 aliphatic rings. The van der Waals surface area contributed by atoms with E-state index in [0.717, 1.165) is 12.2 Å². The van der Waals surface area contributed by atoms with Crippen molar-refractivity contribution in [2.24, 2.45) is 7.05 Å². The highest BCUT2D eigenvalue weighted by Gasteiger charge is 2.19. The minimum absolute atomic E-state index is 0.189. The summed E-state index contributed by atoms with van der Waals surface area (Å²) in [5, 5.41) is 11.5. The number of halogens is 1. The van der Waals surface area contributed by atoms with E-state index in [-0.39, 0.29) is 11.9 Å². The Morgan fingerprint density at radius 3 is 2.84 bits per heavy atom. The maximum atomic E-state index is 12.1. The Bertz CT molecular complexity index is 569. The second-order valence-electron chi connectivity index (χ2n) is 4.26. The molecule has 0 spiro atoms. The van der Waals surface area contributed by atoms with Gasteiger partial charge in [-0.2, -0.15) is 10.2 Å². The van der Waals surface area contributed by atoms with E-state index in [2.05, 4.69) is 15.5 Å². The third kappa shape index (κ3) is 2.78. The third-order valence-corrected chi connectivity index (χ3v) is 3.16. The molecular formula is C12H16ClN5O. The van der Waals surface area contributed by atoms with Crippen LogP contribution in [0.3, 0.4) is 0 Å². The zero-order valence-electron chi connectivity index (χ0n) is 11.1. The Labute approximate surface area is 116 Å². The first-order valence-electron chi connectivity index (χ1n) is 6.04. The summed E-state index contributed by atoms with van der Waals surface area (Å²) in [6.45, 7) is 4.69. The van der Waals surface area contributed by atoms with Gasteiger partial charge in [0.2, 0.25) is 0 Å². The molecule has 2 heterocycles. The van der Waals surface area contributed by atoms with Gasteiger partial charge in [-0.3, -0.25) is 14.2 Å². The van der Waals surface area contributed by atoms with Crippen LogP contribution in [-0.2, 0) is 13.6 Å². The maximum Gasteiger partial charge on any atom is 0.271 e. The van der Waals surface area contributed by atoms with Crippen molar-refractivity contribution < 1.29 is 4.79 Å². The largest absolute Gasteiger partial charge is 0.343 e. The van der Waals surface area contributed by atoms with Crippen LogP contribution in [0, 0.1) is 0 Å². The summed E-state index contributed by atoms with van der Waals surface area (Å²) >= 11 is 5.93. The standard InChI is InChI=1S/C12H16ClN5O/c1-4-18-6-5-10(16-18)8(2)15-12(19)11-9(13)7-14-17(11)3/h5-8H,4H2,1-3H3,(H,15,19). The van der Waals surface area contributed by atoms with Crippen LogP contribution in [0.2, 0.25) is 5.02 Å². The molecule has 1 N–H and O–H groups in total. The molecule has 102 valence electrons. The van der Waals surface area contributed by atoms with Gasteiger partial charge in [-0.05, 0) is 19.9 Å². The first kappa shape index (κ1) is 13.6. The number of hydrogen-bond donors (Lipinski definition) is 1. The van der Waals surface area contributed by atoms with E-state index in [9.17, 15) is 4.79 Å². The van der Waals surface area contributed by atoms with Gasteiger partial charge in [0.1, 0.15) is 5.69 Å². The molecule has 1 unspecified atom stereocenters. The van der Waals surface area contributed by atoms with E-state index in [0.29, 0.717) is 10.7 Å². The second-order valence-corrected chi connectivity index (χ2v) is 4.66. The van der Waals surface area contributed by atoms with E-state index < -0.39 is 0 Å². The number of carbonyl (C=O) groups excluding carboxylic acids is 1. The summed E-state index contributed by atoms with van der Waals surface area (Å²) in [7, 11) is 1.68.